The van der Waals surface area contributed by atoms with Gasteiger partial charge in [-0.25, -0.2) is 4.39 Å². The molecule has 1 aliphatic carbocycles. The number of hydrogen-bond donors (Lipinski definition) is 2. The lowest BCUT2D eigenvalue weighted by atomic mass is 9.80. The van der Waals surface area contributed by atoms with Crippen LogP contribution >= 0.6 is 0 Å². The Morgan fingerprint density at radius 1 is 1.37 bits per heavy atom. The first-order valence-corrected chi connectivity index (χ1v) is 7.00. The predicted molar refractivity (Wildman–Crippen MR) is 74.6 cm³/mol. The van der Waals surface area contributed by atoms with E-state index in [-0.39, 0.29) is 11.3 Å². The summed E-state index contributed by atoms with van der Waals surface area (Å²) in [6, 6.07) is 5.05. The number of hydrogen-bond acceptors (Lipinski definition) is 3. The van der Waals surface area contributed by atoms with Gasteiger partial charge in [0, 0.05) is 18.2 Å². The first kappa shape index (κ1) is 14.5. The van der Waals surface area contributed by atoms with Crippen LogP contribution in [0.15, 0.2) is 18.2 Å². The maximum absolute atomic E-state index is 13.9. The molecule has 0 bridgehead atoms. The molecule has 0 amide bonds. The molecule has 0 unspecified atom stereocenters. The topological polar surface area (TPSA) is 43.7 Å². The minimum atomic E-state index is -1.61. The van der Waals surface area contributed by atoms with E-state index >= 15 is 0 Å². The molecular weight excluding hydrogens is 244 g/mol. The lowest BCUT2D eigenvalue weighted by Crippen LogP contribution is -2.31. The molecule has 0 aliphatic heterocycles. The molecule has 1 aromatic rings. The number of nitrogens with zero attached hydrogens (tertiary/aromatic N) is 1. The summed E-state index contributed by atoms with van der Waals surface area (Å²) in [5, 5.41) is 18.0. The average molecular weight is 265 g/mol. The molecule has 3 nitrogen and oxygen atoms in total. The van der Waals surface area contributed by atoms with Crippen LogP contribution in [0.25, 0.3) is 0 Å². The molecule has 0 aromatic heterocycles. The van der Waals surface area contributed by atoms with Crippen molar-refractivity contribution in [2.45, 2.75) is 45.2 Å². The van der Waals surface area contributed by atoms with Crippen molar-refractivity contribution in [1.82, 2.24) is 4.90 Å². The van der Waals surface area contributed by atoms with Crippen molar-refractivity contribution in [3.63, 3.8) is 0 Å². The highest BCUT2D eigenvalue weighted by Crippen LogP contribution is 2.28. The Hall–Kier alpha value is -0.905. The van der Waals surface area contributed by atoms with Gasteiger partial charge >= 0.3 is 7.12 Å². The highest BCUT2D eigenvalue weighted by Gasteiger charge is 2.29. The molecule has 1 fully saturated rings. The minimum Gasteiger partial charge on any atom is -0.423 e. The van der Waals surface area contributed by atoms with Crippen LogP contribution < -0.4 is 5.46 Å². The zero-order valence-electron chi connectivity index (χ0n) is 11.3. The van der Waals surface area contributed by atoms with Crippen molar-refractivity contribution in [3.05, 3.63) is 29.6 Å². The fraction of sp³-hybridized carbons (Fsp3) is 0.571. The second-order valence-electron chi connectivity index (χ2n) is 5.28. The van der Waals surface area contributed by atoms with Crippen LogP contribution in [0.3, 0.4) is 0 Å². The van der Waals surface area contributed by atoms with Crippen molar-refractivity contribution in [2.24, 2.45) is 0 Å². The first-order valence-electron chi connectivity index (χ1n) is 7.00. The molecule has 1 aliphatic rings. The molecule has 1 aromatic carbocycles. The molecule has 0 heterocycles. The Labute approximate surface area is 114 Å². The zero-order chi connectivity index (χ0) is 13.8. The predicted octanol–water partition coefficient (Wildman–Crippen LogP) is 1.27. The second-order valence-corrected chi connectivity index (χ2v) is 5.28. The van der Waals surface area contributed by atoms with E-state index < -0.39 is 7.12 Å². The molecule has 2 N–H and O–H groups in total. The van der Waals surface area contributed by atoms with Crippen molar-refractivity contribution >= 4 is 12.6 Å². The highest BCUT2D eigenvalue weighted by atomic mass is 19.1. The second kappa shape index (κ2) is 6.50. The Morgan fingerprint density at radius 3 is 2.63 bits per heavy atom. The molecule has 0 saturated heterocycles. The average Bonchev–Trinajstić information content (AvgIpc) is 3.20. The number of halogens is 1. The van der Waals surface area contributed by atoms with E-state index in [0.29, 0.717) is 18.2 Å². The van der Waals surface area contributed by atoms with Crippen LogP contribution in [0, 0.1) is 5.82 Å². The third-order valence-electron chi connectivity index (χ3n) is 3.61. The fourth-order valence-corrected chi connectivity index (χ4v) is 2.26. The first-order chi connectivity index (χ1) is 9.11. The molecule has 104 valence electrons. The summed E-state index contributed by atoms with van der Waals surface area (Å²) in [4.78, 5) is 2.33. The molecule has 0 atom stereocenters. The molecule has 2 rings (SSSR count). The van der Waals surface area contributed by atoms with Gasteiger partial charge in [-0.3, -0.25) is 4.90 Å². The van der Waals surface area contributed by atoms with Crippen LogP contribution in [0.5, 0.6) is 0 Å². The van der Waals surface area contributed by atoms with Gasteiger partial charge in [0.1, 0.15) is 5.82 Å². The van der Waals surface area contributed by atoms with E-state index in [1.807, 2.05) is 0 Å². The third-order valence-corrected chi connectivity index (χ3v) is 3.61. The standard InChI is InChI=1S/C14H21BFNO2/c1-2-3-8-17(13-6-7-13)10-11-4-5-12(15(18)19)9-14(11)16/h4-5,9,13,18-19H,2-3,6-8,10H2,1H3. The summed E-state index contributed by atoms with van der Waals surface area (Å²) in [5.74, 6) is -0.354. The molecule has 0 radical (unpaired) electrons. The molecule has 1 saturated carbocycles. The molecular formula is C14H21BFNO2. The largest absolute Gasteiger partial charge is 0.488 e. The summed E-state index contributed by atoms with van der Waals surface area (Å²) in [5.41, 5.74) is 0.834. The molecule has 0 spiro atoms. The Morgan fingerprint density at radius 2 is 2.11 bits per heavy atom. The van der Waals surface area contributed by atoms with E-state index in [4.69, 9.17) is 10.0 Å². The van der Waals surface area contributed by atoms with Crippen LogP contribution in [-0.2, 0) is 6.54 Å². The smallest absolute Gasteiger partial charge is 0.423 e. The van der Waals surface area contributed by atoms with Crippen LogP contribution in [0.1, 0.15) is 38.2 Å². The number of rotatable bonds is 7. The summed E-state index contributed by atoms with van der Waals surface area (Å²) >= 11 is 0. The maximum Gasteiger partial charge on any atom is 0.488 e. The van der Waals surface area contributed by atoms with Gasteiger partial charge in [-0.05, 0) is 37.3 Å². The van der Waals surface area contributed by atoms with Gasteiger partial charge < -0.3 is 10.0 Å². The van der Waals surface area contributed by atoms with Crippen molar-refractivity contribution < 1.29 is 14.4 Å². The van der Waals surface area contributed by atoms with E-state index in [1.165, 1.54) is 18.9 Å². The van der Waals surface area contributed by atoms with Crippen LogP contribution in [0.4, 0.5) is 4.39 Å². The maximum atomic E-state index is 13.9. The molecule has 5 heteroatoms. The lowest BCUT2D eigenvalue weighted by Gasteiger charge is -2.22. The van der Waals surface area contributed by atoms with E-state index in [1.54, 1.807) is 12.1 Å². The minimum absolute atomic E-state index is 0.202. The number of unbranched alkanes of at least 4 members (excludes halogenated alkanes) is 1. The van der Waals surface area contributed by atoms with Crippen molar-refractivity contribution in [2.75, 3.05) is 6.54 Å². The van der Waals surface area contributed by atoms with Gasteiger partial charge in [-0.15, -0.1) is 0 Å². The molecule has 19 heavy (non-hydrogen) atoms. The van der Waals surface area contributed by atoms with Gasteiger partial charge in [0.25, 0.3) is 0 Å². The third kappa shape index (κ3) is 4.03. The van der Waals surface area contributed by atoms with Gasteiger partial charge in [-0.1, -0.05) is 25.5 Å². The Balaban J connectivity index is 2.04. The van der Waals surface area contributed by atoms with E-state index in [2.05, 4.69) is 11.8 Å². The van der Waals surface area contributed by atoms with Crippen LogP contribution in [-0.4, -0.2) is 34.7 Å². The summed E-state index contributed by atoms with van der Waals surface area (Å²) in [7, 11) is -1.61. The summed E-state index contributed by atoms with van der Waals surface area (Å²) in [6.07, 6.45) is 4.68. The quantitative estimate of drug-likeness (QED) is 0.730. The van der Waals surface area contributed by atoms with E-state index in [0.717, 1.165) is 19.4 Å². The summed E-state index contributed by atoms with van der Waals surface area (Å²) < 4.78 is 13.9. The van der Waals surface area contributed by atoms with E-state index in [9.17, 15) is 4.39 Å². The SMILES string of the molecule is CCCCN(Cc1ccc(B(O)O)cc1F)C1CC1. The van der Waals surface area contributed by atoms with Crippen molar-refractivity contribution in [1.29, 1.82) is 0 Å². The van der Waals surface area contributed by atoms with Gasteiger partial charge in [0.05, 0.1) is 0 Å². The Bertz CT molecular complexity index is 424. The lowest BCUT2D eigenvalue weighted by molar-refractivity contribution is 0.247. The summed E-state index contributed by atoms with van der Waals surface area (Å²) in [6.45, 7) is 3.77. The highest BCUT2D eigenvalue weighted by molar-refractivity contribution is 6.58. The number of benzene rings is 1. The normalized spacial score (nSPS) is 15.0. The Kier molecular flexibility index (Phi) is 4.96. The monoisotopic (exact) mass is 265 g/mol. The zero-order valence-corrected chi connectivity index (χ0v) is 11.3. The van der Waals surface area contributed by atoms with Crippen molar-refractivity contribution in [3.8, 4) is 0 Å². The van der Waals surface area contributed by atoms with Crippen LogP contribution in [0.2, 0.25) is 0 Å². The van der Waals surface area contributed by atoms with Gasteiger partial charge in [0.2, 0.25) is 0 Å². The fourth-order valence-electron chi connectivity index (χ4n) is 2.26. The van der Waals surface area contributed by atoms with Gasteiger partial charge in [-0.2, -0.15) is 0 Å². The van der Waals surface area contributed by atoms with Gasteiger partial charge in [0.15, 0.2) is 0 Å².